The van der Waals surface area contributed by atoms with Crippen molar-refractivity contribution >= 4 is 18.4 Å². The first-order valence-corrected chi connectivity index (χ1v) is 9.19. The van der Waals surface area contributed by atoms with Crippen LogP contribution in [0.1, 0.15) is 62.7 Å². The number of carbonyl (C=O) groups is 1. The summed E-state index contributed by atoms with van der Waals surface area (Å²) < 4.78 is 5.70. The molecule has 1 saturated heterocycles. The third kappa shape index (κ3) is 6.82. The average Bonchev–Trinajstić information content (AvgIpc) is 2.60. The number of piperidine rings is 1. The molecule has 2 unspecified atom stereocenters. The van der Waals surface area contributed by atoms with Crippen LogP contribution in [0, 0.1) is 5.92 Å². The molecule has 0 saturated carbocycles. The van der Waals surface area contributed by atoms with E-state index in [0.29, 0.717) is 11.5 Å². The molecular formula is C20H32ClNO2. The highest BCUT2D eigenvalue weighted by Gasteiger charge is 2.27. The van der Waals surface area contributed by atoms with Crippen LogP contribution in [-0.2, 0) is 4.74 Å². The Kier molecular flexibility index (Phi) is 10.0. The summed E-state index contributed by atoms with van der Waals surface area (Å²) in [6.07, 6.45) is 7.61. The van der Waals surface area contributed by atoms with E-state index in [1.165, 1.54) is 45.2 Å². The van der Waals surface area contributed by atoms with E-state index in [1.54, 1.807) is 0 Å². The van der Waals surface area contributed by atoms with Gasteiger partial charge in [0.2, 0.25) is 0 Å². The first kappa shape index (κ1) is 21.0. The number of nitrogens with zero attached hydrogens (tertiary/aromatic N) is 1. The minimum absolute atomic E-state index is 0. The number of unbranched alkanes of at least 4 members (excludes halogenated alkanes) is 3. The summed E-state index contributed by atoms with van der Waals surface area (Å²) in [5.41, 5.74) is 0.645. The van der Waals surface area contributed by atoms with Crippen LogP contribution in [0.2, 0.25) is 0 Å². The van der Waals surface area contributed by atoms with Crippen LogP contribution in [0.5, 0.6) is 0 Å². The van der Waals surface area contributed by atoms with Gasteiger partial charge < -0.3 is 9.64 Å². The zero-order valence-corrected chi connectivity index (χ0v) is 15.9. The third-order valence-electron chi connectivity index (χ3n) is 4.84. The maximum atomic E-state index is 12.2. The van der Waals surface area contributed by atoms with Gasteiger partial charge in [-0.25, -0.2) is 4.79 Å². The summed E-state index contributed by atoms with van der Waals surface area (Å²) in [5.74, 6) is 0.265. The minimum atomic E-state index is -0.196. The SMILES string of the molecule is CCCCCCN1CCCC(C(C)OC(=O)c2ccccc2)C1.Cl. The largest absolute Gasteiger partial charge is 0.459 e. The number of ether oxygens (including phenoxy) is 1. The highest BCUT2D eigenvalue weighted by atomic mass is 35.5. The number of benzene rings is 1. The second kappa shape index (κ2) is 11.5. The lowest BCUT2D eigenvalue weighted by atomic mass is 9.93. The van der Waals surface area contributed by atoms with Crippen molar-refractivity contribution in [3.05, 3.63) is 35.9 Å². The monoisotopic (exact) mass is 353 g/mol. The topological polar surface area (TPSA) is 29.5 Å². The Morgan fingerprint density at radius 1 is 1.25 bits per heavy atom. The molecule has 1 aromatic rings. The van der Waals surface area contributed by atoms with Crippen LogP contribution in [0.3, 0.4) is 0 Å². The number of likely N-dealkylation sites (tertiary alicyclic amines) is 1. The molecule has 0 spiro atoms. The maximum Gasteiger partial charge on any atom is 0.338 e. The molecule has 1 fully saturated rings. The van der Waals surface area contributed by atoms with Crippen molar-refractivity contribution in [2.24, 2.45) is 5.92 Å². The lowest BCUT2D eigenvalue weighted by molar-refractivity contribution is 0.00522. The molecule has 3 nitrogen and oxygen atoms in total. The normalized spacial score (nSPS) is 19.3. The second-order valence-corrected chi connectivity index (χ2v) is 6.74. The van der Waals surface area contributed by atoms with Crippen molar-refractivity contribution in [3.63, 3.8) is 0 Å². The van der Waals surface area contributed by atoms with Crippen molar-refractivity contribution < 1.29 is 9.53 Å². The summed E-state index contributed by atoms with van der Waals surface area (Å²) in [7, 11) is 0. The predicted molar refractivity (Wildman–Crippen MR) is 102 cm³/mol. The van der Waals surface area contributed by atoms with Gasteiger partial charge in [-0.3, -0.25) is 0 Å². The van der Waals surface area contributed by atoms with Gasteiger partial charge in [0.25, 0.3) is 0 Å². The lowest BCUT2D eigenvalue weighted by Crippen LogP contribution is -2.41. The molecule has 2 atom stereocenters. The summed E-state index contributed by atoms with van der Waals surface area (Å²) in [5, 5.41) is 0. The van der Waals surface area contributed by atoms with Gasteiger partial charge in [0.1, 0.15) is 6.10 Å². The number of hydrogen-bond acceptors (Lipinski definition) is 3. The highest BCUT2D eigenvalue weighted by molar-refractivity contribution is 5.89. The molecule has 4 heteroatoms. The molecule has 24 heavy (non-hydrogen) atoms. The van der Waals surface area contributed by atoms with Gasteiger partial charge >= 0.3 is 5.97 Å². The van der Waals surface area contributed by atoms with Gasteiger partial charge in [-0.1, -0.05) is 44.4 Å². The zero-order valence-electron chi connectivity index (χ0n) is 15.1. The smallest absolute Gasteiger partial charge is 0.338 e. The average molecular weight is 354 g/mol. The van der Waals surface area contributed by atoms with Gasteiger partial charge in [-0.15, -0.1) is 12.4 Å². The molecule has 136 valence electrons. The fraction of sp³-hybridized carbons (Fsp3) is 0.650. The fourth-order valence-electron chi connectivity index (χ4n) is 3.35. The minimum Gasteiger partial charge on any atom is -0.459 e. The van der Waals surface area contributed by atoms with E-state index in [4.69, 9.17) is 4.74 Å². The summed E-state index contributed by atoms with van der Waals surface area (Å²) in [6.45, 7) is 7.75. The predicted octanol–water partition coefficient (Wildman–Crippen LogP) is 4.95. The molecule has 0 radical (unpaired) electrons. The summed E-state index contributed by atoms with van der Waals surface area (Å²) in [4.78, 5) is 14.7. The standard InChI is InChI=1S/C20H31NO2.ClH/c1-3-4-5-9-14-21-15-10-13-19(16-21)17(2)23-20(22)18-11-7-6-8-12-18;/h6-8,11-12,17,19H,3-5,9-10,13-16H2,1-2H3;1H. The van der Waals surface area contributed by atoms with E-state index in [2.05, 4.69) is 11.8 Å². The first-order valence-electron chi connectivity index (χ1n) is 9.19. The number of halogens is 1. The van der Waals surface area contributed by atoms with Crippen molar-refractivity contribution in [1.82, 2.24) is 4.90 Å². The maximum absolute atomic E-state index is 12.2. The fourth-order valence-corrected chi connectivity index (χ4v) is 3.35. The molecule has 2 rings (SSSR count). The Bertz CT molecular complexity index is 466. The Hall–Kier alpha value is -1.06. The molecule has 0 aliphatic carbocycles. The van der Waals surface area contributed by atoms with Crippen LogP contribution >= 0.6 is 12.4 Å². The van der Waals surface area contributed by atoms with E-state index < -0.39 is 0 Å². The third-order valence-corrected chi connectivity index (χ3v) is 4.84. The van der Waals surface area contributed by atoms with Gasteiger partial charge in [0, 0.05) is 12.5 Å². The Labute approximate surface area is 153 Å². The number of hydrogen-bond donors (Lipinski definition) is 0. The Morgan fingerprint density at radius 3 is 2.71 bits per heavy atom. The van der Waals surface area contributed by atoms with Crippen LogP contribution in [0.15, 0.2) is 30.3 Å². The van der Waals surface area contributed by atoms with Crippen molar-refractivity contribution in [2.75, 3.05) is 19.6 Å². The molecular weight excluding hydrogens is 322 g/mol. The van der Waals surface area contributed by atoms with Gasteiger partial charge in [-0.05, 0) is 51.4 Å². The summed E-state index contributed by atoms with van der Waals surface area (Å²) in [6, 6.07) is 9.30. The van der Waals surface area contributed by atoms with Gasteiger partial charge in [0.05, 0.1) is 5.56 Å². The van der Waals surface area contributed by atoms with Crippen molar-refractivity contribution in [1.29, 1.82) is 0 Å². The quantitative estimate of drug-likeness (QED) is 0.489. The van der Waals surface area contributed by atoms with Crippen LogP contribution in [0.4, 0.5) is 0 Å². The highest BCUT2D eigenvalue weighted by Crippen LogP contribution is 2.23. The van der Waals surface area contributed by atoms with E-state index in [1.807, 2.05) is 37.3 Å². The Morgan fingerprint density at radius 2 is 2.00 bits per heavy atom. The summed E-state index contributed by atoms with van der Waals surface area (Å²) >= 11 is 0. The number of carbonyl (C=O) groups excluding carboxylic acids is 1. The first-order chi connectivity index (χ1) is 11.2. The van der Waals surface area contributed by atoms with E-state index in [9.17, 15) is 4.79 Å². The Balaban J connectivity index is 0.00000288. The van der Waals surface area contributed by atoms with Crippen LogP contribution in [-0.4, -0.2) is 36.6 Å². The second-order valence-electron chi connectivity index (χ2n) is 6.74. The van der Waals surface area contributed by atoms with E-state index >= 15 is 0 Å². The molecule has 1 aliphatic heterocycles. The molecule has 0 amide bonds. The molecule has 1 aromatic carbocycles. The number of rotatable bonds is 8. The molecule has 0 N–H and O–H groups in total. The lowest BCUT2D eigenvalue weighted by Gasteiger charge is -2.35. The van der Waals surface area contributed by atoms with Crippen molar-refractivity contribution in [2.45, 2.75) is 58.5 Å². The van der Waals surface area contributed by atoms with Crippen LogP contribution < -0.4 is 0 Å². The molecule has 1 heterocycles. The zero-order chi connectivity index (χ0) is 16.5. The molecule has 1 aliphatic rings. The van der Waals surface area contributed by atoms with Gasteiger partial charge in [-0.2, -0.15) is 0 Å². The van der Waals surface area contributed by atoms with E-state index in [-0.39, 0.29) is 24.5 Å². The van der Waals surface area contributed by atoms with E-state index in [0.717, 1.165) is 13.0 Å². The molecule has 0 bridgehead atoms. The number of esters is 1. The van der Waals surface area contributed by atoms with Gasteiger partial charge in [0.15, 0.2) is 0 Å². The van der Waals surface area contributed by atoms with Crippen molar-refractivity contribution in [3.8, 4) is 0 Å². The molecule has 0 aromatic heterocycles. The van der Waals surface area contributed by atoms with Crippen LogP contribution in [0.25, 0.3) is 0 Å².